The molecule has 2 rings (SSSR count). The van der Waals surface area contributed by atoms with E-state index in [2.05, 4.69) is 40.0 Å². The minimum absolute atomic E-state index is 0.385. The first kappa shape index (κ1) is 15.1. The molecule has 0 saturated carbocycles. The van der Waals surface area contributed by atoms with Crippen LogP contribution in [-0.4, -0.2) is 25.7 Å². The van der Waals surface area contributed by atoms with Gasteiger partial charge in [-0.25, -0.2) is 4.68 Å². The summed E-state index contributed by atoms with van der Waals surface area (Å²) < 4.78 is 40.0. The van der Waals surface area contributed by atoms with Crippen molar-refractivity contribution in [3.63, 3.8) is 0 Å². The molecule has 0 fully saturated rings. The molecule has 0 amide bonds. The fourth-order valence-corrected chi connectivity index (χ4v) is 2.31. The summed E-state index contributed by atoms with van der Waals surface area (Å²) in [6, 6.07) is 3.37. The van der Waals surface area contributed by atoms with E-state index >= 15 is 0 Å². The zero-order chi connectivity index (χ0) is 14.9. The summed E-state index contributed by atoms with van der Waals surface area (Å²) in [5.74, 6) is 0.796. The van der Waals surface area contributed by atoms with Crippen LogP contribution in [0, 0.1) is 5.92 Å². The number of aromatic nitrogens is 4. The lowest BCUT2D eigenvalue weighted by molar-refractivity contribution is -0.142. The third kappa shape index (κ3) is 3.84. The fourth-order valence-electron chi connectivity index (χ4n) is 1.88. The minimum Gasteiger partial charge on any atom is -0.261 e. The van der Waals surface area contributed by atoms with Gasteiger partial charge in [-0.1, -0.05) is 13.8 Å². The van der Waals surface area contributed by atoms with Crippen LogP contribution in [-0.2, 0) is 13.0 Å². The first-order valence-corrected chi connectivity index (χ1v) is 6.89. The first-order chi connectivity index (χ1) is 9.24. The number of alkyl halides is 3. The van der Waals surface area contributed by atoms with Gasteiger partial charge < -0.3 is 0 Å². The summed E-state index contributed by atoms with van der Waals surface area (Å²) in [6.45, 7) is 3.02. The van der Waals surface area contributed by atoms with Crippen molar-refractivity contribution in [3.05, 3.63) is 28.6 Å². The van der Waals surface area contributed by atoms with Gasteiger partial charge in [0.15, 0.2) is 5.82 Å². The number of hydrogen-bond donors (Lipinski definition) is 0. The van der Waals surface area contributed by atoms with Crippen molar-refractivity contribution in [2.24, 2.45) is 5.92 Å². The lowest BCUT2D eigenvalue weighted by atomic mass is 10.1. The highest BCUT2D eigenvalue weighted by molar-refractivity contribution is 9.10. The van der Waals surface area contributed by atoms with E-state index in [0.717, 1.165) is 16.8 Å². The molecule has 0 radical (unpaired) electrons. The summed E-state index contributed by atoms with van der Waals surface area (Å²) in [7, 11) is 0. The second-order valence-electron chi connectivity index (χ2n) is 4.95. The number of rotatable bonds is 4. The monoisotopic (exact) mass is 350 g/mol. The maximum absolute atomic E-state index is 12.3. The molecule has 4 nitrogen and oxygen atoms in total. The normalized spacial score (nSPS) is 12.3. The second kappa shape index (κ2) is 5.59. The van der Waals surface area contributed by atoms with Crippen LogP contribution in [0.1, 0.15) is 19.5 Å². The zero-order valence-corrected chi connectivity index (χ0v) is 12.6. The molecule has 8 heteroatoms. The third-order valence-corrected chi connectivity index (χ3v) is 2.94. The summed E-state index contributed by atoms with van der Waals surface area (Å²) in [6.07, 6.45) is -2.21. The van der Waals surface area contributed by atoms with E-state index in [4.69, 9.17) is 0 Å². The SMILES string of the molecule is CC(C)Cc1cc(Br)nn1-c1ccn(CC(F)(F)F)n1. The summed E-state index contributed by atoms with van der Waals surface area (Å²) in [4.78, 5) is 0. The van der Waals surface area contributed by atoms with Gasteiger partial charge in [0.1, 0.15) is 11.1 Å². The van der Waals surface area contributed by atoms with Crippen molar-refractivity contribution in [1.29, 1.82) is 0 Å². The van der Waals surface area contributed by atoms with Crippen LogP contribution in [0.3, 0.4) is 0 Å². The predicted molar refractivity (Wildman–Crippen MR) is 71.6 cm³/mol. The molecular weight excluding hydrogens is 337 g/mol. The molecule has 0 aromatic carbocycles. The molecule has 0 aliphatic carbocycles. The summed E-state index contributed by atoms with van der Waals surface area (Å²) in [5, 5.41) is 8.14. The Labute approximate surface area is 122 Å². The van der Waals surface area contributed by atoms with E-state index in [1.54, 1.807) is 4.68 Å². The lowest BCUT2D eigenvalue weighted by Gasteiger charge is -2.07. The highest BCUT2D eigenvalue weighted by Gasteiger charge is 2.28. The van der Waals surface area contributed by atoms with E-state index < -0.39 is 12.7 Å². The topological polar surface area (TPSA) is 35.6 Å². The molecule has 0 atom stereocenters. The Balaban J connectivity index is 2.28. The molecule has 0 spiro atoms. The fraction of sp³-hybridized carbons (Fsp3) is 0.500. The Kier molecular flexibility index (Phi) is 4.22. The van der Waals surface area contributed by atoms with Crippen molar-refractivity contribution in [3.8, 4) is 5.82 Å². The van der Waals surface area contributed by atoms with Gasteiger partial charge in [0, 0.05) is 18.0 Å². The Morgan fingerprint density at radius 3 is 2.60 bits per heavy atom. The van der Waals surface area contributed by atoms with E-state index in [1.165, 1.54) is 12.3 Å². The Morgan fingerprint density at radius 1 is 1.30 bits per heavy atom. The lowest BCUT2D eigenvalue weighted by Crippen LogP contribution is -2.18. The van der Waals surface area contributed by atoms with E-state index in [0.29, 0.717) is 16.3 Å². The smallest absolute Gasteiger partial charge is 0.261 e. The largest absolute Gasteiger partial charge is 0.408 e. The van der Waals surface area contributed by atoms with Crippen LogP contribution < -0.4 is 0 Å². The highest BCUT2D eigenvalue weighted by atomic mass is 79.9. The van der Waals surface area contributed by atoms with Crippen molar-refractivity contribution in [2.75, 3.05) is 0 Å². The molecule has 110 valence electrons. The van der Waals surface area contributed by atoms with Crippen molar-refractivity contribution in [1.82, 2.24) is 19.6 Å². The molecule has 0 N–H and O–H groups in total. The van der Waals surface area contributed by atoms with Gasteiger partial charge in [0.25, 0.3) is 0 Å². The molecule has 0 aliphatic rings. The van der Waals surface area contributed by atoms with Gasteiger partial charge in [0.2, 0.25) is 0 Å². The zero-order valence-electron chi connectivity index (χ0n) is 11.0. The van der Waals surface area contributed by atoms with Crippen LogP contribution in [0.4, 0.5) is 13.2 Å². The summed E-state index contributed by atoms with van der Waals surface area (Å²) >= 11 is 3.28. The molecule has 2 heterocycles. The molecule has 0 aliphatic heterocycles. The predicted octanol–water partition coefficient (Wildman–Crippen LogP) is 3.59. The number of nitrogens with zero attached hydrogens (tertiary/aromatic N) is 4. The summed E-state index contributed by atoms with van der Waals surface area (Å²) in [5.41, 5.74) is 0.907. The van der Waals surface area contributed by atoms with Gasteiger partial charge in [-0.15, -0.1) is 0 Å². The van der Waals surface area contributed by atoms with Gasteiger partial charge in [-0.3, -0.25) is 4.68 Å². The van der Waals surface area contributed by atoms with E-state index in [-0.39, 0.29) is 0 Å². The Morgan fingerprint density at radius 2 is 2.00 bits per heavy atom. The maximum Gasteiger partial charge on any atom is 0.408 e. The quantitative estimate of drug-likeness (QED) is 0.844. The minimum atomic E-state index is -4.28. The van der Waals surface area contributed by atoms with Crippen LogP contribution in [0.15, 0.2) is 22.9 Å². The number of hydrogen-bond acceptors (Lipinski definition) is 2. The van der Waals surface area contributed by atoms with Gasteiger partial charge >= 0.3 is 6.18 Å². The van der Waals surface area contributed by atoms with Gasteiger partial charge in [0.05, 0.1) is 0 Å². The molecule has 20 heavy (non-hydrogen) atoms. The molecule has 0 bridgehead atoms. The van der Waals surface area contributed by atoms with Crippen LogP contribution >= 0.6 is 15.9 Å². The van der Waals surface area contributed by atoms with Gasteiger partial charge in [-0.05, 0) is 34.3 Å². The third-order valence-electron chi connectivity index (χ3n) is 2.56. The molecule has 2 aromatic rings. The molecule has 0 unspecified atom stereocenters. The molecular formula is C12H14BrF3N4. The van der Waals surface area contributed by atoms with Crippen LogP contribution in [0.25, 0.3) is 5.82 Å². The Hall–Kier alpha value is -1.31. The Bertz CT molecular complexity index is 586. The second-order valence-corrected chi connectivity index (χ2v) is 5.77. The van der Waals surface area contributed by atoms with E-state index in [9.17, 15) is 13.2 Å². The van der Waals surface area contributed by atoms with Gasteiger partial charge in [-0.2, -0.15) is 23.4 Å². The number of halogens is 4. The maximum atomic E-state index is 12.3. The van der Waals surface area contributed by atoms with Crippen molar-refractivity contribution in [2.45, 2.75) is 33.0 Å². The molecule has 0 saturated heterocycles. The van der Waals surface area contributed by atoms with Crippen molar-refractivity contribution < 1.29 is 13.2 Å². The van der Waals surface area contributed by atoms with E-state index in [1.807, 2.05) is 6.07 Å². The molecule has 2 aromatic heterocycles. The highest BCUT2D eigenvalue weighted by Crippen LogP contribution is 2.20. The van der Waals surface area contributed by atoms with Crippen LogP contribution in [0.2, 0.25) is 0 Å². The standard InChI is InChI=1S/C12H14BrF3N4/c1-8(2)5-9-6-10(13)17-20(9)11-3-4-19(18-11)7-12(14,15)16/h3-4,6,8H,5,7H2,1-2H3. The van der Waals surface area contributed by atoms with Crippen LogP contribution in [0.5, 0.6) is 0 Å². The average Bonchev–Trinajstić information content (AvgIpc) is 2.82. The van der Waals surface area contributed by atoms with Crippen molar-refractivity contribution >= 4 is 15.9 Å². The average molecular weight is 351 g/mol. The first-order valence-electron chi connectivity index (χ1n) is 6.09.